The zero-order valence-electron chi connectivity index (χ0n) is 7.85. The maximum absolute atomic E-state index is 7.00. The smallest absolute Gasteiger partial charge is 0.699 e. The number of nitrogens with zero attached hydrogens (tertiary/aromatic N) is 1. The summed E-state index contributed by atoms with van der Waals surface area (Å²) in [5.41, 5.74) is 7.57. The zero-order chi connectivity index (χ0) is 9.36. The van der Waals surface area contributed by atoms with Crippen LogP contribution in [0.2, 0.25) is 0 Å². The number of benzene rings is 1. The van der Waals surface area contributed by atoms with E-state index in [4.69, 9.17) is 5.73 Å². The Morgan fingerprint density at radius 1 is 1.00 bits per heavy atom. The number of hydrogen-bond acceptors (Lipinski definition) is 1. The molecule has 2 aromatic rings. The molecule has 1 aromatic heterocycles. The van der Waals surface area contributed by atoms with Crippen molar-refractivity contribution in [1.82, 2.24) is 4.98 Å². The summed E-state index contributed by atoms with van der Waals surface area (Å²) in [7, 11) is 0. The van der Waals surface area contributed by atoms with Crippen LogP contribution in [-0.4, -0.2) is 4.98 Å². The summed E-state index contributed by atoms with van der Waals surface area (Å²) in [6.45, 7) is 0. The maximum Gasteiger partial charge on any atom is 2.00 e. The predicted molar refractivity (Wildman–Crippen MR) is 53.5 cm³/mol. The molecule has 2 nitrogen and oxygen atoms in total. The average molecular weight is 236 g/mol. The van der Waals surface area contributed by atoms with Crippen LogP contribution in [0.25, 0.3) is 5.73 Å². The number of aromatic nitrogens is 1. The van der Waals surface area contributed by atoms with Crippen LogP contribution in [0, 0.1) is 6.20 Å². The van der Waals surface area contributed by atoms with Gasteiger partial charge in [-0.15, -0.1) is 5.69 Å². The van der Waals surface area contributed by atoms with Gasteiger partial charge < -0.3 is 10.7 Å². The summed E-state index contributed by atoms with van der Waals surface area (Å²) in [6.07, 6.45) is 4.34. The molecule has 66 valence electrons. The van der Waals surface area contributed by atoms with Crippen LogP contribution in [-0.2, 0) is 19.5 Å². The molecule has 0 aliphatic heterocycles. The molecule has 0 saturated carbocycles. The number of rotatable bonds is 0. The quantitative estimate of drug-likeness (QED) is 0.510. The molecule has 1 N–H and O–H groups in total. The molecule has 0 amide bonds. The first-order valence-electron chi connectivity index (χ1n) is 3.93. The topological polar surface area (TPSA) is 36.7 Å². The SMILES string of the molecule is [NH-]c1ccccc1.[Zn+2].[c-]1ccccn1. The summed E-state index contributed by atoms with van der Waals surface area (Å²) >= 11 is 0. The largest absolute Gasteiger partial charge is 2.00 e. The molecule has 0 saturated heterocycles. The van der Waals surface area contributed by atoms with E-state index in [9.17, 15) is 0 Å². The summed E-state index contributed by atoms with van der Waals surface area (Å²) < 4.78 is 0. The van der Waals surface area contributed by atoms with Crippen molar-refractivity contribution < 1.29 is 19.5 Å². The van der Waals surface area contributed by atoms with Gasteiger partial charge in [0, 0.05) is 0 Å². The van der Waals surface area contributed by atoms with E-state index in [0.29, 0.717) is 5.69 Å². The van der Waals surface area contributed by atoms with Crippen molar-refractivity contribution >= 4 is 5.69 Å². The summed E-state index contributed by atoms with van der Waals surface area (Å²) in [4.78, 5) is 3.66. The van der Waals surface area contributed by atoms with Gasteiger partial charge in [0.15, 0.2) is 0 Å². The minimum Gasteiger partial charge on any atom is -0.699 e. The van der Waals surface area contributed by atoms with Crippen molar-refractivity contribution in [3.63, 3.8) is 0 Å². The van der Waals surface area contributed by atoms with Crippen molar-refractivity contribution in [2.75, 3.05) is 0 Å². The van der Waals surface area contributed by atoms with Gasteiger partial charge >= 0.3 is 19.5 Å². The molecule has 0 radical (unpaired) electrons. The van der Waals surface area contributed by atoms with Gasteiger partial charge in [-0.3, -0.25) is 0 Å². The van der Waals surface area contributed by atoms with Crippen molar-refractivity contribution in [1.29, 1.82) is 0 Å². The normalized spacial score (nSPS) is 7.71. The second-order valence-electron chi connectivity index (χ2n) is 2.32. The van der Waals surface area contributed by atoms with E-state index < -0.39 is 0 Å². The van der Waals surface area contributed by atoms with Gasteiger partial charge in [0.25, 0.3) is 0 Å². The van der Waals surface area contributed by atoms with Crippen molar-refractivity contribution in [3.8, 4) is 0 Å². The molecule has 0 spiro atoms. The first-order valence-corrected chi connectivity index (χ1v) is 3.93. The molecule has 2 rings (SSSR count). The molecule has 0 unspecified atom stereocenters. The van der Waals surface area contributed by atoms with E-state index in [0.717, 1.165) is 0 Å². The molecule has 0 atom stereocenters. The number of nitrogens with one attached hydrogen (secondary N) is 1. The molecule has 0 aliphatic rings. The fourth-order valence-electron chi connectivity index (χ4n) is 0.716. The van der Waals surface area contributed by atoms with Crippen LogP contribution in [0.5, 0.6) is 0 Å². The van der Waals surface area contributed by atoms with Crippen LogP contribution < -0.4 is 0 Å². The zero-order valence-corrected chi connectivity index (χ0v) is 10.8. The Balaban J connectivity index is 0.000000227. The Hall–Kier alpha value is -1.21. The van der Waals surface area contributed by atoms with E-state index in [1.807, 2.05) is 30.3 Å². The maximum atomic E-state index is 7.00. The van der Waals surface area contributed by atoms with E-state index in [2.05, 4.69) is 11.2 Å². The summed E-state index contributed by atoms with van der Waals surface area (Å²) in [5, 5.41) is 0. The fourth-order valence-corrected chi connectivity index (χ4v) is 0.716. The summed E-state index contributed by atoms with van der Waals surface area (Å²) in [6, 6.07) is 14.6. The minimum atomic E-state index is 0. The van der Waals surface area contributed by atoms with Crippen LogP contribution >= 0.6 is 0 Å². The Labute approximate surface area is 96.9 Å². The second-order valence-corrected chi connectivity index (χ2v) is 2.32. The van der Waals surface area contributed by atoms with Crippen LogP contribution in [0.4, 0.5) is 5.69 Å². The van der Waals surface area contributed by atoms with Crippen LogP contribution in [0.15, 0.2) is 54.7 Å². The third-order valence-electron chi connectivity index (χ3n) is 1.29. The Bertz CT molecular complexity index is 284. The van der Waals surface area contributed by atoms with Gasteiger partial charge in [0.2, 0.25) is 0 Å². The van der Waals surface area contributed by atoms with Gasteiger partial charge in [0.1, 0.15) is 0 Å². The van der Waals surface area contributed by atoms with Crippen molar-refractivity contribution in [3.05, 3.63) is 66.7 Å². The van der Waals surface area contributed by atoms with Gasteiger partial charge in [-0.2, -0.15) is 18.2 Å². The molecular formula is C11H10N2Zn. The van der Waals surface area contributed by atoms with Gasteiger partial charge in [-0.25, -0.2) is 0 Å². The molecule has 3 heteroatoms. The van der Waals surface area contributed by atoms with Gasteiger partial charge in [0.05, 0.1) is 0 Å². The van der Waals surface area contributed by atoms with Crippen LogP contribution in [0.1, 0.15) is 0 Å². The summed E-state index contributed by atoms with van der Waals surface area (Å²) in [5.74, 6) is 0. The molecular weight excluding hydrogens is 226 g/mol. The van der Waals surface area contributed by atoms with Crippen molar-refractivity contribution in [2.45, 2.75) is 0 Å². The van der Waals surface area contributed by atoms with Gasteiger partial charge in [-0.05, 0) is 0 Å². The third kappa shape index (κ3) is 6.32. The average Bonchev–Trinajstić information content (AvgIpc) is 2.22. The Kier molecular flexibility index (Phi) is 7.67. The number of pyridine rings is 1. The standard InChI is InChI=1S/C6H6N.C5H4N.Zn/c7-6-4-2-1-3-5-6;1-2-4-6-5-3-1;/h1-5,7H;1-4H;/q2*-1;+2. The monoisotopic (exact) mass is 234 g/mol. The molecule has 1 aromatic carbocycles. The Morgan fingerprint density at radius 3 is 1.93 bits per heavy atom. The molecule has 0 bridgehead atoms. The molecule has 0 aliphatic carbocycles. The first kappa shape index (κ1) is 12.8. The minimum absolute atomic E-state index is 0. The van der Waals surface area contributed by atoms with E-state index in [1.54, 1.807) is 24.4 Å². The Morgan fingerprint density at radius 2 is 1.71 bits per heavy atom. The van der Waals surface area contributed by atoms with Crippen LogP contribution in [0.3, 0.4) is 0 Å². The fraction of sp³-hybridized carbons (Fsp3) is 0. The first-order chi connectivity index (χ1) is 6.39. The molecule has 0 fully saturated rings. The molecule has 1 heterocycles. The molecule has 14 heavy (non-hydrogen) atoms. The van der Waals surface area contributed by atoms with E-state index >= 15 is 0 Å². The third-order valence-corrected chi connectivity index (χ3v) is 1.29. The number of hydrogen-bond donors (Lipinski definition) is 0. The van der Waals surface area contributed by atoms with E-state index in [-0.39, 0.29) is 19.5 Å². The van der Waals surface area contributed by atoms with Gasteiger partial charge in [-0.1, -0.05) is 42.7 Å². The predicted octanol–water partition coefficient (Wildman–Crippen LogP) is 3.25. The second kappa shape index (κ2) is 8.39. The van der Waals surface area contributed by atoms with Crippen molar-refractivity contribution in [2.24, 2.45) is 0 Å². The van der Waals surface area contributed by atoms with E-state index in [1.165, 1.54) is 0 Å².